The highest BCUT2D eigenvalue weighted by molar-refractivity contribution is 8.77. The molecule has 0 aromatic heterocycles. The fourth-order valence-electron chi connectivity index (χ4n) is 7.47. The second-order valence-corrected chi connectivity index (χ2v) is 22.8. The second kappa shape index (κ2) is 28.5. The zero-order valence-electron chi connectivity index (χ0n) is 40.9. The average molecular weight is 1030 g/mol. The van der Waals surface area contributed by atoms with Crippen molar-refractivity contribution in [3.05, 3.63) is 0 Å². The van der Waals surface area contributed by atoms with Crippen LogP contribution in [0.4, 0.5) is 0 Å². The molecule has 27 heteroatoms. The molecule has 2 aliphatic rings. The van der Waals surface area contributed by atoms with Gasteiger partial charge in [-0.25, -0.2) is 0 Å². The van der Waals surface area contributed by atoms with E-state index >= 15 is 0 Å². The number of guanidine groups is 2. The fraction of sp³-hybridized carbons (Fsp3) is 0.738. The van der Waals surface area contributed by atoms with E-state index in [2.05, 4.69) is 47.2 Å². The van der Waals surface area contributed by atoms with Crippen molar-refractivity contribution in [3.63, 3.8) is 0 Å². The SMILES string of the molecule is CSCC[C@@H]1NC(=O)[C@H](NC(C)=O)C(C)(C)SSC(C)(C)[C@@H](C(N)=O)NC(=O)CNC(=O)[C@H](CCCN=C(N)N)NC(=O)[C@H](CC(C)C)NC(=O)[C@H](CCCN=C(N)N)NC(=O)[C@@H]2CCCN2C1=O. The van der Waals surface area contributed by atoms with Crippen LogP contribution in [0.1, 0.15) is 99.8 Å². The van der Waals surface area contributed by atoms with Crippen LogP contribution in [0.25, 0.3) is 0 Å². The van der Waals surface area contributed by atoms with Gasteiger partial charge in [-0.15, -0.1) is 0 Å². The Hall–Kier alpha value is -5.18. The predicted octanol–water partition coefficient (Wildman–Crippen LogP) is -2.63. The number of nitrogens with two attached hydrogens (primary N) is 5. The lowest BCUT2D eigenvalue weighted by Crippen LogP contribution is -2.61. The number of hydrogen-bond donors (Lipinski definition) is 12. The van der Waals surface area contributed by atoms with Gasteiger partial charge in [0.15, 0.2) is 11.9 Å². The minimum atomic E-state index is -1.33. The van der Waals surface area contributed by atoms with E-state index in [0.717, 1.165) is 21.6 Å². The normalized spacial score (nSPS) is 25.7. The van der Waals surface area contributed by atoms with Gasteiger partial charge in [0.1, 0.15) is 42.3 Å². The van der Waals surface area contributed by atoms with Crippen LogP contribution in [0.2, 0.25) is 0 Å². The molecule has 0 aliphatic carbocycles. The molecule has 0 radical (unpaired) electrons. The Morgan fingerprint density at radius 2 is 1.26 bits per heavy atom. The van der Waals surface area contributed by atoms with Crippen LogP contribution in [-0.2, 0) is 43.2 Å². The summed E-state index contributed by atoms with van der Waals surface area (Å²) in [6, 6.07) is -8.48. The Morgan fingerprint density at radius 1 is 0.739 bits per heavy atom. The molecule has 17 N–H and O–H groups in total. The van der Waals surface area contributed by atoms with Gasteiger partial charge in [0.05, 0.1) is 6.54 Å². The third kappa shape index (κ3) is 20.4. The van der Waals surface area contributed by atoms with Crippen LogP contribution < -0.4 is 65.9 Å². The van der Waals surface area contributed by atoms with Crippen LogP contribution in [0.5, 0.6) is 0 Å². The molecule has 2 rings (SSSR count). The van der Waals surface area contributed by atoms with Gasteiger partial charge >= 0.3 is 0 Å². The van der Waals surface area contributed by atoms with E-state index in [4.69, 9.17) is 28.7 Å². The highest BCUT2D eigenvalue weighted by atomic mass is 33.1. The van der Waals surface area contributed by atoms with E-state index in [9.17, 15) is 43.2 Å². The van der Waals surface area contributed by atoms with Crippen molar-refractivity contribution >= 4 is 98.4 Å². The molecule has 69 heavy (non-hydrogen) atoms. The lowest BCUT2D eigenvalue weighted by Gasteiger charge is -2.38. The van der Waals surface area contributed by atoms with Gasteiger partial charge in [0.25, 0.3) is 0 Å². The number of thioether (sulfide) groups is 1. The van der Waals surface area contributed by atoms with E-state index in [0.29, 0.717) is 12.2 Å². The first-order chi connectivity index (χ1) is 32.2. The topological polar surface area (TPSA) is 396 Å². The summed E-state index contributed by atoms with van der Waals surface area (Å²) in [7, 11) is 2.24. The average Bonchev–Trinajstić information content (AvgIpc) is 3.75. The van der Waals surface area contributed by atoms with Crippen LogP contribution in [0.15, 0.2) is 9.98 Å². The summed E-state index contributed by atoms with van der Waals surface area (Å²) in [6.07, 6.45) is 3.22. The van der Waals surface area contributed by atoms with Gasteiger partial charge in [-0.2, -0.15) is 11.8 Å². The highest BCUT2D eigenvalue weighted by Gasteiger charge is 2.45. The summed E-state index contributed by atoms with van der Waals surface area (Å²) >= 11 is 1.44. The van der Waals surface area contributed by atoms with E-state index in [1.807, 2.05) is 20.1 Å². The summed E-state index contributed by atoms with van der Waals surface area (Å²) in [4.78, 5) is 133. The monoisotopic (exact) mass is 1030 g/mol. The Balaban J connectivity index is 2.75. The largest absolute Gasteiger partial charge is 0.370 e. The Kier molecular flexibility index (Phi) is 24.7. The fourth-order valence-corrected chi connectivity index (χ4v) is 10.8. The van der Waals surface area contributed by atoms with Gasteiger partial charge in [0, 0.05) is 36.1 Å². The second-order valence-electron chi connectivity index (χ2n) is 18.4. The maximum atomic E-state index is 14.5. The zero-order chi connectivity index (χ0) is 52.2. The van der Waals surface area contributed by atoms with Crippen molar-refractivity contribution in [2.24, 2.45) is 44.6 Å². The molecule has 24 nitrogen and oxygen atoms in total. The molecule has 0 bridgehead atoms. The van der Waals surface area contributed by atoms with Gasteiger partial charge in [0.2, 0.25) is 53.2 Å². The summed E-state index contributed by atoms with van der Waals surface area (Å²) in [5, 5.41) is 18.8. The van der Waals surface area contributed by atoms with Crippen LogP contribution in [-0.4, -0.2) is 160 Å². The summed E-state index contributed by atoms with van der Waals surface area (Å²) in [5.41, 5.74) is 27.8. The smallest absolute Gasteiger partial charge is 0.245 e. The molecule has 0 spiro atoms. The lowest BCUT2D eigenvalue weighted by molar-refractivity contribution is -0.142. The molecule has 2 fully saturated rings. The van der Waals surface area contributed by atoms with Crippen molar-refractivity contribution in [2.75, 3.05) is 38.2 Å². The lowest BCUT2D eigenvalue weighted by atomic mass is 10.0. The molecule has 2 aliphatic heterocycles. The van der Waals surface area contributed by atoms with Gasteiger partial charge < -0.3 is 70.8 Å². The van der Waals surface area contributed by atoms with Crippen molar-refractivity contribution < 1.29 is 43.2 Å². The van der Waals surface area contributed by atoms with Gasteiger partial charge in [-0.05, 0) is 97.0 Å². The van der Waals surface area contributed by atoms with E-state index in [-0.39, 0.29) is 82.4 Å². The van der Waals surface area contributed by atoms with Crippen LogP contribution in [0, 0.1) is 5.92 Å². The third-order valence-corrected chi connectivity index (χ3v) is 15.9. The van der Waals surface area contributed by atoms with E-state index < -0.39 is 111 Å². The van der Waals surface area contributed by atoms with Crippen molar-refractivity contribution in [1.82, 2.24) is 42.1 Å². The zero-order valence-corrected chi connectivity index (χ0v) is 43.4. The molecule has 2 saturated heterocycles. The molecule has 390 valence electrons. The number of amides is 9. The first-order valence-corrected chi connectivity index (χ1v) is 26.4. The number of nitrogens with zero attached hydrogens (tertiary/aromatic N) is 3. The predicted molar refractivity (Wildman–Crippen MR) is 270 cm³/mol. The van der Waals surface area contributed by atoms with E-state index in [1.165, 1.54) is 23.6 Å². The first-order valence-electron chi connectivity index (χ1n) is 22.8. The molecule has 0 saturated carbocycles. The molecule has 0 unspecified atom stereocenters. The minimum absolute atomic E-state index is 0.00533. The molecule has 0 aromatic carbocycles. The third-order valence-electron chi connectivity index (χ3n) is 11.0. The number of carbonyl (C=O) groups excluding carboxylic acids is 9. The van der Waals surface area contributed by atoms with Crippen molar-refractivity contribution in [3.8, 4) is 0 Å². The number of primary amides is 1. The number of nitrogens with one attached hydrogen (secondary N) is 7. The first kappa shape index (κ1) is 59.9. The van der Waals surface area contributed by atoms with Crippen molar-refractivity contribution in [2.45, 2.75) is 152 Å². The molecule has 0 aromatic rings. The Morgan fingerprint density at radius 3 is 1.80 bits per heavy atom. The van der Waals surface area contributed by atoms with Gasteiger partial charge in [-0.1, -0.05) is 35.4 Å². The van der Waals surface area contributed by atoms with Crippen molar-refractivity contribution in [1.29, 1.82) is 0 Å². The number of rotatable bonds is 15. The number of aliphatic imine (C=N–C) groups is 2. The Bertz CT molecular complexity index is 1900. The minimum Gasteiger partial charge on any atom is -0.370 e. The number of carbonyl (C=O) groups is 9. The number of hydrogen-bond acceptors (Lipinski definition) is 14. The van der Waals surface area contributed by atoms with E-state index in [1.54, 1.807) is 27.7 Å². The highest BCUT2D eigenvalue weighted by Crippen LogP contribution is 2.46. The number of fused-ring (bicyclic) bond motifs is 1. The Labute approximate surface area is 416 Å². The molecular weight excluding hydrogens is 955 g/mol. The molecule has 9 amide bonds. The summed E-state index contributed by atoms with van der Waals surface area (Å²) in [5.74, 6) is -6.46. The summed E-state index contributed by atoms with van der Waals surface area (Å²) < 4.78 is -2.31. The standard InChI is InChI=1S/C42H75N15O9S3/c1-22(2)20-27-35(63)52-24(12-9-16-48-39(44)45)33(61)50-21-29(59)56-30(32(43)60)41(4,5)68-69-42(6,7)31(51-23(3)58)37(65)54-26(15-19-67-8)38(66)57-18-11-14-28(57)36(64)53-25(34(62)55-27)13-10-17-49-40(46)47/h22,24-28,30-31H,9-21H2,1-8H3,(H2,43,60)(H,50,61)(H,51,58)(H,52,63)(H,53,64)(H,54,65)(H,55,62)(H,56,59)(H4,44,45,48)(H4,46,47,49)/t24-,25-,26-,27-,28-,30+,31-/m0/s1. The molecular formula is C42H75N15O9S3. The molecule has 2 heterocycles. The van der Waals surface area contributed by atoms with Crippen LogP contribution in [0.3, 0.4) is 0 Å². The maximum absolute atomic E-state index is 14.5. The van der Waals surface area contributed by atoms with Gasteiger partial charge in [-0.3, -0.25) is 53.1 Å². The molecule has 7 atom stereocenters. The van der Waals surface area contributed by atoms with Crippen LogP contribution >= 0.6 is 33.3 Å². The summed E-state index contributed by atoms with van der Waals surface area (Å²) in [6.45, 7) is 11.2. The quantitative estimate of drug-likeness (QED) is 0.0345. The maximum Gasteiger partial charge on any atom is 0.245 e.